The van der Waals surface area contributed by atoms with E-state index in [1.165, 1.54) is 10.9 Å². The Labute approximate surface area is 116 Å². The number of aromatic nitrogens is 3. The van der Waals surface area contributed by atoms with Crippen LogP contribution < -0.4 is 10.6 Å². The van der Waals surface area contributed by atoms with Crippen LogP contribution in [-0.2, 0) is 22.6 Å². The van der Waals surface area contributed by atoms with Crippen molar-refractivity contribution in [3.8, 4) is 0 Å². The number of nitrogens with one attached hydrogen (secondary N) is 2. The molecule has 2 amide bonds. The smallest absolute Gasteiger partial charge is 0.325 e. The molecule has 0 atom stereocenters. The molecular weight excluding hydrogens is 266 g/mol. The van der Waals surface area contributed by atoms with Crippen molar-refractivity contribution in [2.75, 3.05) is 19.8 Å². The normalized spacial score (nSPS) is 10.2. The van der Waals surface area contributed by atoms with E-state index in [0.717, 1.165) is 6.42 Å². The highest BCUT2D eigenvalue weighted by Crippen LogP contribution is 1.92. The molecule has 0 aliphatic carbocycles. The molecule has 3 N–H and O–H groups in total. The number of carbonyl (C=O) groups excluding carboxylic acids is 1. The molecule has 20 heavy (non-hydrogen) atoms. The Bertz CT molecular complexity index is 434. The molecule has 0 saturated carbocycles. The van der Waals surface area contributed by atoms with Gasteiger partial charge in [-0.15, -0.1) is 5.10 Å². The van der Waals surface area contributed by atoms with Crippen molar-refractivity contribution in [1.29, 1.82) is 0 Å². The maximum absolute atomic E-state index is 11.4. The van der Waals surface area contributed by atoms with Crippen molar-refractivity contribution >= 4 is 12.0 Å². The van der Waals surface area contributed by atoms with Crippen molar-refractivity contribution in [2.45, 2.75) is 26.4 Å². The van der Waals surface area contributed by atoms with E-state index in [-0.39, 0.29) is 19.1 Å². The summed E-state index contributed by atoms with van der Waals surface area (Å²) in [6, 6.07) is -0.311. The van der Waals surface area contributed by atoms with Gasteiger partial charge >= 0.3 is 12.0 Å². The Balaban J connectivity index is 2.17. The van der Waals surface area contributed by atoms with Crippen LogP contribution in [0.5, 0.6) is 0 Å². The number of carboxylic acid groups (broad SMARTS) is 1. The van der Waals surface area contributed by atoms with Crippen LogP contribution in [0, 0.1) is 0 Å². The molecule has 0 spiro atoms. The molecule has 9 heteroatoms. The van der Waals surface area contributed by atoms with Gasteiger partial charge in [0.15, 0.2) is 0 Å². The van der Waals surface area contributed by atoms with Crippen LogP contribution >= 0.6 is 0 Å². The second-order valence-electron chi connectivity index (χ2n) is 3.96. The van der Waals surface area contributed by atoms with E-state index in [0.29, 0.717) is 25.5 Å². The van der Waals surface area contributed by atoms with Crippen LogP contribution in [0.4, 0.5) is 4.79 Å². The van der Waals surface area contributed by atoms with Gasteiger partial charge in [-0.05, 0) is 13.3 Å². The summed E-state index contributed by atoms with van der Waals surface area (Å²) in [6.45, 7) is 3.65. The molecule has 0 saturated heterocycles. The zero-order chi connectivity index (χ0) is 14.8. The average Bonchev–Trinajstić information content (AvgIpc) is 2.83. The van der Waals surface area contributed by atoms with Gasteiger partial charge in [0.05, 0.1) is 12.7 Å². The first-order valence-electron chi connectivity index (χ1n) is 6.32. The van der Waals surface area contributed by atoms with Crippen molar-refractivity contribution in [3.63, 3.8) is 0 Å². The molecular formula is C11H19N5O4. The van der Waals surface area contributed by atoms with E-state index in [9.17, 15) is 9.59 Å². The molecule has 9 nitrogen and oxygen atoms in total. The van der Waals surface area contributed by atoms with Crippen molar-refractivity contribution in [3.05, 3.63) is 11.9 Å². The summed E-state index contributed by atoms with van der Waals surface area (Å²) >= 11 is 0. The van der Waals surface area contributed by atoms with Gasteiger partial charge in [0.25, 0.3) is 0 Å². The van der Waals surface area contributed by atoms with E-state index >= 15 is 0 Å². The van der Waals surface area contributed by atoms with E-state index in [4.69, 9.17) is 9.84 Å². The summed E-state index contributed by atoms with van der Waals surface area (Å²) < 4.78 is 6.33. The number of rotatable bonds is 9. The molecule has 0 aromatic carbocycles. The summed E-state index contributed by atoms with van der Waals surface area (Å²) in [6.07, 6.45) is 2.22. The number of ether oxygens (including phenoxy) is 1. The zero-order valence-electron chi connectivity index (χ0n) is 11.3. The number of hydrogen-bond donors (Lipinski definition) is 3. The van der Waals surface area contributed by atoms with Gasteiger partial charge in [-0.1, -0.05) is 5.21 Å². The second kappa shape index (κ2) is 8.86. The highest BCUT2D eigenvalue weighted by Gasteiger charge is 2.05. The second-order valence-corrected chi connectivity index (χ2v) is 3.96. The lowest BCUT2D eigenvalue weighted by atomic mass is 10.4. The van der Waals surface area contributed by atoms with Gasteiger partial charge in [-0.25, -0.2) is 9.48 Å². The summed E-state index contributed by atoms with van der Waals surface area (Å²) in [5, 5.41) is 21.2. The number of carbonyl (C=O) groups is 2. The maximum Gasteiger partial charge on any atom is 0.325 e. The summed E-state index contributed by atoms with van der Waals surface area (Å²) in [4.78, 5) is 21.9. The minimum atomic E-state index is -0.999. The Morgan fingerprint density at radius 3 is 2.95 bits per heavy atom. The molecule has 0 unspecified atom stereocenters. The number of carboxylic acids is 1. The van der Waals surface area contributed by atoms with Gasteiger partial charge < -0.3 is 20.5 Å². The first kappa shape index (κ1) is 15.9. The highest BCUT2D eigenvalue weighted by molar-refractivity contribution is 5.73. The predicted octanol–water partition coefficient (Wildman–Crippen LogP) is -0.411. The van der Waals surface area contributed by atoms with E-state index in [1.807, 2.05) is 6.92 Å². The van der Waals surface area contributed by atoms with Crippen LogP contribution in [0.1, 0.15) is 19.0 Å². The molecule has 1 aromatic rings. The number of amides is 2. The molecule has 0 radical (unpaired) electrons. The van der Waals surface area contributed by atoms with Crippen LogP contribution in [0.3, 0.4) is 0 Å². The minimum absolute atomic E-state index is 0.191. The summed E-state index contributed by atoms with van der Waals surface area (Å²) in [5.41, 5.74) is 0.496. The molecule has 0 aliphatic rings. The molecule has 0 aliphatic heterocycles. The minimum Gasteiger partial charge on any atom is -0.480 e. The van der Waals surface area contributed by atoms with Crippen molar-refractivity contribution in [2.24, 2.45) is 0 Å². The predicted molar refractivity (Wildman–Crippen MR) is 69.0 cm³/mol. The number of aliphatic carboxylic acids is 1. The molecule has 1 rings (SSSR count). The lowest BCUT2D eigenvalue weighted by Gasteiger charge is -2.06. The lowest BCUT2D eigenvalue weighted by molar-refractivity contribution is -0.137. The Kier molecular flexibility index (Phi) is 7.04. The van der Waals surface area contributed by atoms with Gasteiger partial charge in [0.2, 0.25) is 0 Å². The van der Waals surface area contributed by atoms with E-state index < -0.39 is 5.97 Å². The Hall–Kier alpha value is -2.16. The van der Waals surface area contributed by atoms with E-state index in [2.05, 4.69) is 20.9 Å². The molecule has 112 valence electrons. The molecule has 0 fully saturated rings. The monoisotopic (exact) mass is 285 g/mol. The van der Waals surface area contributed by atoms with Crippen LogP contribution in [0.15, 0.2) is 6.20 Å². The zero-order valence-corrected chi connectivity index (χ0v) is 11.3. The Morgan fingerprint density at radius 2 is 2.25 bits per heavy atom. The fraction of sp³-hybridized carbons (Fsp3) is 0.636. The molecule has 1 aromatic heterocycles. The standard InChI is InChI=1S/C11H19N5O4/c1-2-20-5-3-4-12-11(19)13-6-9-7-16(15-14-9)8-10(17)18/h7H,2-6,8H2,1H3,(H,17,18)(H2,12,13,19). The number of nitrogens with zero attached hydrogens (tertiary/aromatic N) is 3. The first-order chi connectivity index (χ1) is 9.61. The molecule has 1 heterocycles. The van der Waals surface area contributed by atoms with Crippen LogP contribution in [0.25, 0.3) is 0 Å². The topological polar surface area (TPSA) is 118 Å². The third kappa shape index (κ3) is 6.69. The first-order valence-corrected chi connectivity index (χ1v) is 6.32. The van der Waals surface area contributed by atoms with Gasteiger partial charge in [-0.2, -0.15) is 0 Å². The van der Waals surface area contributed by atoms with Crippen LogP contribution in [-0.4, -0.2) is 51.9 Å². The van der Waals surface area contributed by atoms with Crippen molar-refractivity contribution < 1.29 is 19.4 Å². The average molecular weight is 285 g/mol. The fourth-order valence-electron chi connectivity index (χ4n) is 1.39. The number of urea groups is 1. The van der Waals surface area contributed by atoms with Gasteiger partial charge in [0, 0.05) is 19.8 Å². The quantitative estimate of drug-likeness (QED) is 0.531. The Morgan fingerprint density at radius 1 is 1.45 bits per heavy atom. The molecule has 0 bridgehead atoms. The number of hydrogen-bond acceptors (Lipinski definition) is 5. The van der Waals surface area contributed by atoms with Crippen molar-refractivity contribution in [1.82, 2.24) is 25.6 Å². The van der Waals surface area contributed by atoms with Crippen LogP contribution in [0.2, 0.25) is 0 Å². The lowest BCUT2D eigenvalue weighted by Crippen LogP contribution is -2.36. The summed E-state index contributed by atoms with van der Waals surface area (Å²) in [5.74, 6) is -0.999. The van der Waals surface area contributed by atoms with Gasteiger partial charge in [-0.3, -0.25) is 4.79 Å². The third-order valence-electron chi connectivity index (χ3n) is 2.27. The highest BCUT2D eigenvalue weighted by atomic mass is 16.5. The summed E-state index contributed by atoms with van der Waals surface area (Å²) in [7, 11) is 0. The van der Waals surface area contributed by atoms with E-state index in [1.54, 1.807) is 0 Å². The maximum atomic E-state index is 11.4. The fourth-order valence-corrected chi connectivity index (χ4v) is 1.39. The third-order valence-corrected chi connectivity index (χ3v) is 2.27. The SMILES string of the molecule is CCOCCCNC(=O)NCc1cn(CC(=O)O)nn1. The van der Waals surface area contributed by atoms with Gasteiger partial charge in [0.1, 0.15) is 12.2 Å². The largest absolute Gasteiger partial charge is 0.480 e.